The van der Waals surface area contributed by atoms with Crippen molar-refractivity contribution in [1.82, 2.24) is 0 Å². The average Bonchev–Trinajstić information content (AvgIpc) is 3.03. The fourth-order valence-electron chi connectivity index (χ4n) is 1.23. The lowest BCUT2D eigenvalue weighted by Crippen LogP contribution is -2.28. The third-order valence-corrected chi connectivity index (χ3v) is 2.57. The molecule has 0 aromatic heterocycles. The van der Waals surface area contributed by atoms with Crippen LogP contribution >= 0.6 is 0 Å². The van der Waals surface area contributed by atoms with Crippen LogP contribution in [-0.2, 0) is 19.0 Å². The van der Waals surface area contributed by atoms with E-state index in [1.165, 1.54) is 0 Å². The lowest BCUT2D eigenvalue weighted by atomic mass is 10.1. The van der Waals surface area contributed by atoms with Gasteiger partial charge in [0.1, 0.15) is 6.61 Å². The summed E-state index contributed by atoms with van der Waals surface area (Å²) in [5.41, 5.74) is 5.12. The number of hydrogen-bond donors (Lipinski definition) is 1. The molecule has 1 aliphatic carbocycles. The molecule has 0 saturated heterocycles. The molecule has 1 rings (SSSR count). The highest BCUT2D eigenvalue weighted by atomic mass is 16.6. The summed E-state index contributed by atoms with van der Waals surface area (Å²) in [5, 5.41) is 0. The molecule has 88 valence electrons. The standard InChI is InChI=1S/C10H19NO4/c1-13-4-5-14-6-7-15-9(12)10(8-11)2-3-10/h2-8,11H2,1H3. The van der Waals surface area contributed by atoms with Crippen molar-refractivity contribution in [3.05, 3.63) is 0 Å². The van der Waals surface area contributed by atoms with E-state index in [1.807, 2.05) is 0 Å². The van der Waals surface area contributed by atoms with Gasteiger partial charge in [0, 0.05) is 13.7 Å². The molecule has 5 nitrogen and oxygen atoms in total. The lowest BCUT2D eigenvalue weighted by Gasteiger charge is -2.11. The molecule has 0 unspecified atom stereocenters. The van der Waals surface area contributed by atoms with Crippen LogP contribution < -0.4 is 5.73 Å². The summed E-state index contributed by atoms with van der Waals surface area (Å²) in [6, 6.07) is 0. The number of rotatable bonds is 8. The second-order valence-electron chi connectivity index (χ2n) is 3.73. The number of nitrogens with two attached hydrogens (primary N) is 1. The van der Waals surface area contributed by atoms with E-state index in [2.05, 4.69) is 0 Å². The first kappa shape index (κ1) is 12.4. The van der Waals surface area contributed by atoms with Gasteiger partial charge in [0.05, 0.1) is 25.2 Å². The van der Waals surface area contributed by atoms with Crippen molar-refractivity contribution in [2.45, 2.75) is 12.8 Å². The number of ether oxygens (including phenoxy) is 3. The van der Waals surface area contributed by atoms with Crippen molar-refractivity contribution >= 4 is 5.97 Å². The van der Waals surface area contributed by atoms with Crippen LogP contribution in [0.2, 0.25) is 0 Å². The van der Waals surface area contributed by atoms with Gasteiger partial charge in [0.25, 0.3) is 0 Å². The Hall–Kier alpha value is -0.650. The molecule has 1 aliphatic rings. The van der Waals surface area contributed by atoms with Gasteiger partial charge in [-0.2, -0.15) is 0 Å². The molecule has 5 heteroatoms. The summed E-state index contributed by atoms with van der Waals surface area (Å²) < 4.78 is 15.0. The Morgan fingerprint density at radius 2 is 1.93 bits per heavy atom. The van der Waals surface area contributed by atoms with Crippen LogP contribution in [0.4, 0.5) is 0 Å². The van der Waals surface area contributed by atoms with Crippen molar-refractivity contribution in [3.8, 4) is 0 Å². The lowest BCUT2D eigenvalue weighted by molar-refractivity contribution is -0.151. The Morgan fingerprint density at radius 3 is 2.47 bits per heavy atom. The van der Waals surface area contributed by atoms with Crippen LogP contribution in [0.5, 0.6) is 0 Å². The van der Waals surface area contributed by atoms with Crippen LogP contribution in [0.25, 0.3) is 0 Å². The highest BCUT2D eigenvalue weighted by Crippen LogP contribution is 2.45. The maximum absolute atomic E-state index is 11.5. The molecule has 1 fully saturated rings. The smallest absolute Gasteiger partial charge is 0.313 e. The maximum Gasteiger partial charge on any atom is 0.313 e. The van der Waals surface area contributed by atoms with E-state index in [0.717, 1.165) is 12.8 Å². The predicted molar refractivity (Wildman–Crippen MR) is 54.4 cm³/mol. The van der Waals surface area contributed by atoms with Crippen LogP contribution in [0.15, 0.2) is 0 Å². The van der Waals surface area contributed by atoms with Crippen molar-refractivity contribution in [3.63, 3.8) is 0 Å². The molecule has 0 spiro atoms. The molecular weight excluding hydrogens is 198 g/mol. The van der Waals surface area contributed by atoms with Crippen LogP contribution in [0.3, 0.4) is 0 Å². The van der Waals surface area contributed by atoms with Gasteiger partial charge in [-0.25, -0.2) is 0 Å². The summed E-state index contributed by atoms with van der Waals surface area (Å²) in [6.45, 7) is 2.17. The Morgan fingerprint density at radius 1 is 1.27 bits per heavy atom. The van der Waals surface area contributed by atoms with Crippen LogP contribution in [0, 0.1) is 5.41 Å². The van der Waals surface area contributed by atoms with Crippen LogP contribution in [-0.4, -0.2) is 46.1 Å². The zero-order valence-corrected chi connectivity index (χ0v) is 9.16. The molecular formula is C10H19NO4. The van der Waals surface area contributed by atoms with Gasteiger partial charge >= 0.3 is 5.97 Å². The van der Waals surface area contributed by atoms with Crippen molar-refractivity contribution in [2.24, 2.45) is 11.1 Å². The molecule has 0 aliphatic heterocycles. The molecule has 0 bridgehead atoms. The normalized spacial score (nSPS) is 17.5. The highest BCUT2D eigenvalue weighted by molar-refractivity contribution is 5.80. The topological polar surface area (TPSA) is 70.8 Å². The molecule has 0 aromatic rings. The SMILES string of the molecule is COCCOCCOC(=O)C1(CN)CC1. The summed E-state index contributed by atoms with van der Waals surface area (Å²) in [7, 11) is 1.61. The van der Waals surface area contributed by atoms with E-state index in [9.17, 15) is 4.79 Å². The molecule has 15 heavy (non-hydrogen) atoms. The van der Waals surface area contributed by atoms with Gasteiger partial charge in [-0.1, -0.05) is 0 Å². The fraction of sp³-hybridized carbons (Fsp3) is 0.900. The fourth-order valence-corrected chi connectivity index (χ4v) is 1.23. The molecule has 0 heterocycles. The third-order valence-electron chi connectivity index (χ3n) is 2.57. The number of carbonyl (C=O) groups excluding carboxylic acids is 1. The first-order valence-corrected chi connectivity index (χ1v) is 5.19. The minimum atomic E-state index is -0.369. The Kier molecular flexibility index (Phi) is 5.01. The summed E-state index contributed by atoms with van der Waals surface area (Å²) in [6.07, 6.45) is 1.71. The minimum absolute atomic E-state index is 0.180. The molecule has 0 aromatic carbocycles. The largest absolute Gasteiger partial charge is 0.463 e. The maximum atomic E-state index is 11.5. The first-order chi connectivity index (χ1) is 7.25. The number of esters is 1. The zero-order valence-electron chi connectivity index (χ0n) is 9.16. The monoisotopic (exact) mass is 217 g/mol. The van der Waals surface area contributed by atoms with E-state index in [1.54, 1.807) is 7.11 Å². The molecule has 1 saturated carbocycles. The Bertz CT molecular complexity index is 204. The van der Waals surface area contributed by atoms with E-state index in [-0.39, 0.29) is 11.4 Å². The Labute approximate surface area is 89.9 Å². The predicted octanol–water partition coefficient (Wildman–Crippen LogP) is -0.0685. The second kappa shape index (κ2) is 6.05. The van der Waals surface area contributed by atoms with E-state index in [0.29, 0.717) is 33.0 Å². The Balaban J connectivity index is 1.98. The second-order valence-corrected chi connectivity index (χ2v) is 3.73. The molecule has 0 amide bonds. The average molecular weight is 217 g/mol. The summed E-state index contributed by atoms with van der Waals surface area (Å²) >= 11 is 0. The van der Waals surface area contributed by atoms with Crippen LogP contribution in [0.1, 0.15) is 12.8 Å². The van der Waals surface area contributed by atoms with E-state index >= 15 is 0 Å². The van der Waals surface area contributed by atoms with Gasteiger partial charge in [0.15, 0.2) is 0 Å². The van der Waals surface area contributed by atoms with Gasteiger partial charge in [-0.15, -0.1) is 0 Å². The summed E-state index contributed by atoms with van der Waals surface area (Å²) in [4.78, 5) is 11.5. The van der Waals surface area contributed by atoms with Crippen molar-refractivity contribution in [1.29, 1.82) is 0 Å². The molecule has 2 N–H and O–H groups in total. The summed E-state index contributed by atoms with van der Waals surface area (Å²) in [5.74, 6) is -0.180. The third kappa shape index (κ3) is 3.77. The van der Waals surface area contributed by atoms with Gasteiger partial charge in [-0.05, 0) is 12.8 Å². The van der Waals surface area contributed by atoms with Gasteiger partial charge in [0.2, 0.25) is 0 Å². The van der Waals surface area contributed by atoms with Crippen molar-refractivity contribution in [2.75, 3.05) is 40.1 Å². The van der Waals surface area contributed by atoms with Gasteiger partial charge in [-0.3, -0.25) is 4.79 Å². The highest BCUT2D eigenvalue weighted by Gasteiger charge is 2.50. The minimum Gasteiger partial charge on any atom is -0.463 e. The zero-order chi connectivity index (χ0) is 11.1. The number of hydrogen-bond acceptors (Lipinski definition) is 5. The number of carbonyl (C=O) groups is 1. The van der Waals surface area contributed by atoms with Crippen molar-refractivity contribution < 1.29 is 19.0 Å². The van der Waals surface area contributed by atoms with Gasteiger partial charge < -0.3 is 19.9 Å². The van der Waals surface area contributed by atoms with E-state index < -0.39 is 0 Å². The molecule has 0 atom stereocenters. The van der Waals surface area contributed by atoms with E-state index in [4.69, 9.17) is 19.9 Å². The molecule has 0 radical (unpaired) electrons. The quantitative estimate of drug-likeness (QED) is 0.455. The number of methoxy groups -OCH3 is 1. The first-order valence-electron chi connectivity index (χ1n) is 5.19.